The Hall–Kier alpha value is -7.16. The predicted molar refractivity (Wildman–Crippen MR) is 239 cm³/mol. The molecule has 268 valence electrons. The van der Waals surface area contributed by atoms with E-state index in [0.29, 0.717) is 5.82 Å². The Labute approximate surface area is 332 Å². The lowest BCUT2D eigenvalue weighted by atomic mass is 9.82. The highest BCUT2D eigenvalue weighted by atomic mass is 14.9. The Morgan fingerprint density at radius 1 is 0.351 bits per heavy atom. The van der Waals surface area contributed by atoms with Gasteiger partial charge in [-0.1, -0.05) is 190 Å². The van der Waals surface area contributed by atoms with Crippen molar-refractivity contribution in [2.24, 2.45) is 0 Å². The molecule has 0 aliphatic heterocycles. The topological polar surface area (TPSA) is 25.8 Å². The first kappa shape index (κ1) is 33.2. The summed E-state index contributed by atoms with van der Waals surface area (Å²) in [5, 5.41) is 7.50. The number of fused-ring (bicyclic) bond motifs is 7. The standard InChI is InChI=1S/C55H38N2/c1-55(2)48-23-13-12-21-45(48)47-33-40(30-31-49(47)55)42-18-10-11-22-46(42)51-34-50(36-15-4-3-5-16-36)56-54(57-51)38-27-25-37(26-28-38)52-44-20-9-7-17-39(44)32-41-29-24-35-14-6-8-19-43(35)53(41)52/h3-34H,1-2H3. The molecule has 0 fully saturated rings. The van der Waals surface area contributed by atoms with Crippen LogP contribution in [0.1, 0.15) is 25.0 Å². The molecule has 9 aromatic carbocycles. The van der Waals surface area contributed by atoms with Gasteiger partial charge < -0.3 is 0 Å². The first-order chi connectivity index (χ1) is 28.0. The molecule has 0 N–H and O–H groups in total. The minimum atomic E-state index is -0.0415. The molecule has 0 atom stereocenters. The molecule has 0 unspecified atom stereocenters. The van der Waals surface area contributed by atoms with E-state index in [0.717, 1.165) is 33.6 Å². The van der Waals surface area contributed by atoms with Crippen LogP contribution >= 0.6 is 0 Å². The molecule has 2 heteroatoms. The maximum atomic E-state index is 5.35. The van der Waals surface area contributed by atoms with E-state index in [1.165, 1.54) is 71.3 Å². The number of benzene rings is 9. The number of nitrogens with zero attached hydrogens (tertiary/aromatic N) is 2. The van der Waals surface area contributed by atoms with Gasteiger partial charge in [-0.05, 0) is 95.0 Å². The zero-order valence-corrected chi connectivity index (χ0v) is 31.9. The van der Waals surface area contributed by atoms with Crippen LogP contribution in [0.25, 0.3) is 99.6 Å². The van der Waals surface area contributed by atoms with E-state index in [2.05, 4.69) is 202 Å². The highest BCUT2D eigenvalue weighted by Gasteiger charge is 2.35. The number of aromatic nitrogens is 2. The Morgan fingerprint density at radius 2 is 0.947 bits per heavy atom. The highest BCUT2D eigenvalue weighted by Crippen LogP contribution is 2.50. The molecule has 11 rings (SSSR count). The van der Waals surface area contributed by atoms with Gasteiger partial charge in [0.15, 0.2) is 5.82 Å². The molecule has 1 aliphatic carbocycles. The zero-order valence-electron chi connectivity index (χ0n) is 31.9. The Balaban J connectivity index is 1.06. The van der Waals surface area contributed by atoms with Crippen LogP contribution in [0.3, 0.4) is 0 Å². The first-order valence-corrected chi connectivity index (χ1v) is 19.7. The number of rotatable bonds is 5. The second kappa shape index (κ2) is 13.0. The van der Waals surface area contributed by atoms with Crippen molar-refractivity contribution in [3.63, 3.8) is 0 Å². The summed E-state index contributed by atoms with van der Waals surface area (Å²) in [6.07, 6.45) is 0. The Bertz CT molecular complexity index is 3190. The summed E-state index contributed by atoms with van der Waals surface area (Å²) in [6, 6.07) is 70.2. The van der Waals surface area contributed by atoms with E-state index in [9.17, 15) is 0 Å². The molecular weight excluding hydrogens is 689 g/mol. The SMILES string of the molecule is CC1(C)c2ccccc2-c2cc(-c3ccccc3-c3cc(-c4ccccc4)nc(-c4ccc(-c5c6ccccc6cc6ccc7ccccc7c56)cc4)n3)ccc21. The number of hydrogen-bond acceptors (Lipinski definition) is 2. The van der Waals surface area contributed by atoms with Crippen LogP contribution in [0.4, 0.5) is 0 Å². The summed E-state index contributed by atoms with van der Waals surface area (Å²) in [5.74, 6) is 0.700. The Kier molecular flexibility index (Phi) is 7.55. The molecule has 0 radical (unpaired) electrons. The van der Waals surface area contributed by atoms with Crippen molar-refractivity contribution in [2.45, 2.75) is 19.3 Å². The van der Waals surface area contributed by atoms with Gasteiger partial charge in [-0.15, -0.1) is 0 Å². The van der Waals surface area contributed by atoms with Crippen molar-refractivity contribution >= 4 is 32.3 Å². The van der Waals surface area contributed by atoms with E-state index in [-0.39, 0.29) is 5.41 Å². The minimum Gasteiger partial charge on any atom is -0.228 e. The second-order valence-corrected chi connectivity index (χ2v) is 15.7. The lowest BCUT2D eigenvalue weighted by Crippen LogP contribution is -2.14. The van der Waals surface area contributed by atoms with Crippen LogP contribution in [0.15, 0.2) is 194 Å². The van der Waals surface area contributed by atoms with Crippen LogP contribution in [0.5, 0.6) is 0 Å². The average molecular weight is 727 g/mol. The summed E-state index contributed by atoms with van der Waals surface area (Å²) in [7, 11) is 0. The zero-order chi connectivity index (χ0) is 38.1. The predicted octanol–water partition coefficient (Wildman–Crippen LogP) is 14.6. The van der Waals surface area contributed by atoms with Gasteiger partial charge in [0.25, 0.3) is 0 Å². The van der Waals surface area contributed by atoms with Crippen LogP contribution in [0, 0.1) is 0 Å². The molecule has 10 aromatic rings. The third-order valence-electron chi connectivity index (χ3n) is 12.1. The molecule has 0 spiro atoms. The maximum absolute atomic E-state index is 5.35. The molecule has 1 aromatic heterocycles. The van der Waals surface area contributed by atoms with Crippen molar-refractivity contribution in [1.82, 2.24) is 9.97 Å². The van der Waals surface area contributed by atoms with Crippen molar-refractivity contribution in [3.8, 4) is 67.3 Å². The van der Waals surface area contributed by atoms with E-state index in [1.807, 2.05) is 6.07 Å². The van der Waals surface area contributed by atoms with Gasteiger partial charge in [-0.3, -0.25) is 0 Å². The average Bonchev–Trinajstić information content (AvgIpc) is 3.51. The molecule has 2 nitrogen and oxygen atoms in total. The fraction of sp³-hybridized carbons (Fsp3) is 0.0545. The summed E-state index contributed by atoms with van der Waals surface area (Å²) < 4.78 is 0. The number of hydrogen-bond donors (Lipinski definition) is 0. The van der Waals surface area contributed by atoms with E-state index < -0.39 is 0 Å². The van der Waals surface area contributed by atoms with Gasteiger partial charge in [-0.25, -0.2) is 9.97 Å². The Morgan fingerprint density at radius 3 is 1.77 bits per heavy atom. The van der Waals surface area contributed by atoms with Crippen molar-refractivity contribution < 1.29 is 0 Å². The second-order valence-electron chi connectivity index (χ2n) is 15.7. The van der Waals surface area contributed by atoms with Crippen LogP contribution in [-0.2, 0) is 5.41 Å². The van der Waals surface area contributed by atoms with Gasteiger partial charge in [0.2, 0.25) is 0 Å². The lowest BCUT2D eigenvalue weighted by Gasteiger charge is -2.21. The highest BCUT2D eigenvalue weighted by molar-refractivity contribution is 6.22. The molecule has 0 saturated heterocycles. The van der Waals surface area contributed by atoms with Gasteiger partial charge in [0.1, 0.15) is 0 Å². The monoisotopic (exact) mass is 726 g/mol. The van der Waals surface area contributed by atoms with Gasteiger partial charge in [-0.2, -0.15) is 0 Å². The lowest BCUT2D eigenvalue weighted by molar-refractivity contribution is 0.660. The van der Waals surface area contributed by atoms with Crippen LogP contribution in [0.2, 0.25) is 0 Å². The maximum Gasteiger partial charge on any atom is 0.160 e. The fourth-order valence-electron chi connectivity index (χ4n) is 9.24. The van der Waals surface area contributed by atoms with E-state index in [4.69, 9.17) is 9.97 Å². The molecular formula is C55H38N2. The normalized spacial score (nSPS) is 12.9. The first-order valence-electron chi connectivity index (χ1n) is 19.7. The summed E-state index contributed by atoms with van der Waals surface area (Å²) in [6.45, 7) is 4.66. The molecule has 0 saturated carbocycles. The van der Waals surface area contributed by atoms with E-state index in [1.54, 1.807) is 0 Å². The molecule has 1 aliphatic rings. The third-order valence-corrected chi connectivity index (χ3v) is 12.1. The van der Waals surface area contributed by atoms with Crippen molar-refractivity contribution in [3.05, 3.63) is 205 Å². The van der Waals surface area contributed by atoms with Crippen LogP contribution in [-0.4, -0.2) is 9.97 Å². The molecule has 1 heterocycles. The molecule has 0 bridgehead atoms. The minimum absolute atomic E-state index is 0.0415. The van der Waals surface area contributed by atoms with Gasteiger partial charge in [0, 0.05) is 22.1 Å². The largest absolute Gasteiger partial charge is 0.228 e. The van der Waals surface area contributed by atoms with Crippen molar-refractivity contribution in [1.29, 1.82) is 0 Å². The van der Waals surface area contributed by atoms with Crippen molar-refractivity contribution in [2.75, 3.05) is 0 Å². The third kappa shape index (κ3) is 5.40. The summed E-state index contributed by atoms with van der Waals surface area (Å²) >= 11 is 0. The van der Waals surface area contributed by atoms with E-state index >= 15 is 0 Å². The molecule has 0 amide bonds. The molecule has 57 heavy (non-hydrogen) atoms. The van der Waals surface area contributed by atoms with Crippen LogP contribution < -0.4 is 0 Å². The summed E-state index contributed by atoms with van der Waals surface area (Å²) in [5.41, 5.74) is 15.0. The smallest absolute Gasteiger partial charge is 0.160 e. The van der Waals surface area contributed by atoms with Gasteiger partial charge in [0.05, 0.1) is 11.4 Å². The quantitative estimate of drug-likeness (QED) is 0.130. The fourth-order valence-corrected chi connectivity index (χ4v) is 9.24. The summed E-state index contributed by atoms with van der Waals surface area (Å²) in [4.78, 5) is 10.6. The van der Waals surface area contributed by atoms with Gasteiger partial charge >= 0.3 is 0 Å².